The molecule has 0 aliphatic heterocycles. The van der Waals surface area contributed by atoms with E-state index in [-0.39, 0.29) is 5.91 Å². The van der Waals surface area contributed by atoms with E-state index in [1.165, 1.54) is 0 Å². The smallest absolute Gasteiger partial charge is 0.253 e. The number of benzene rings is 2. The van der Waals surface area contributed by atoms with Gasteiger partial charge >= 0.3 is 0 Å². The Bertz CT molecular complexity index is 1020. The highest BCUT2D eigenvalue weighted by Gasteiger charge is 2.14. The zero-order valence-corrected chi connectivity index (χ0v) is 13.6. The van der Waals surface area contributed by atoms with Gasteiger partial charge in [-0.2, -0.15) is 20.5 Å². The van der Waals surface area contributed by atoms with Crippen LogP contribution in [0.1, 0.15) is 15.9 Å². The summed E-state index contributed by atoms with van der Waals surface area (Å²) in [4.78, 5) is 14.3. The lowest BCUT2D eigenvalue weighted by Gasteiger charge is -2.16. The monoisotopic (exact) mass is 332 g/mol. The number of hydrogen-bond acceptors (Lipinski definition) is 4. The van der Waals surface area contributed by atoms with Crippen LogP contribution in [0.5, 0.6) is 0 Å². The van der Waals surface area contributed by atoms with E-state index in [2.05, 4.69) is 20.5 Å². The van der Waals surface area contributed by atoms with Crippen LogP contribution < -0.4 is 0 Å². The van der Waals surface area contributed by atoms with Gasteiger partial charge in [0, 0.05) is 30.9 Å². The first-order valence-electron chi connectivity index (χ1n) is 7.86. The number of aromatic nitrogens is 5. The number of fused-ring (bicyclic) bond motifs is 1. The van der Waals surface area contributed by atoms with E-state index in [4.69, 9.17) is 0 Å². The molecule has 0 spiro atoms. The number of carbonyl (C=O) groups excluding carboxylic acids is 1. The van der Waals surface area contributed by atoms with Gasteiger partial charge in [0.15, 0.2) is 0 Å². The molecule has 0 aliphatic carbocycles. The Morgan fingerprint density at radius 1 is 1.12 bits per heavy atom. The Labute approximate surface area is 143 Å². The zero-order valence-electron chi connectivity index (χ0n) is 13.6. The molecule has 0 fully saturated rings. The maximum Gasteiger partial charge on any atom is 0.253 e. The molecule has 0 unspecified atom stereocenters. The molecule has 4 rings (SSSR count). The van der Waals surface area contributed by atoms with Crippen LogP contribution in [0.15, 0.2) is 60.9 Å². The molecule has 0 atom stereocenters. The molecule has 0 radical (unpaired) electrons. The largest absolute Gasteiger partial charge is 0.337 e. The number of carbonyl (C=O) groups is 1. The Kier molecular flexibility index (Phi) is 3.74. The molecule has 0 bridgehead atoms. The van der Waals surface area contributed by atoms with Crippen LogP contribution in [0.3, 0.4) is 0 Å². The van der Waals surface area contributed by atoms with Crippen LogP contribution in [0.4, 0.5) is 0 Å². The molecule has 2 aromatic heterocycles. The zero-order chi connectivity index (χ0) is 17.2. The highest BCUT2D eigenvalue weighted by atomic mass is 16.2. The van der Waals surface area contributed by atoms with E-state index in [0.717, 1.165) is 16.8 Å². The SMILES string of the molecule is CN(Cc1cnn(-c2ccccc2)c1)C(=O)c1ccc2n[nH]nc2c1. The van der Waals surface area contributed by atoms with Crippen molar-refractivity contribution in [1.82, 2.24) is 30.1 Å². The van der Waals surface area contributed by atoms with Gasteiger partial charge in [0.2, 0.25) is 0 Å². The number of H-pyrrole nitrogens is 1. The summed E-state index contributed by atoms with van der Waals surface area (Å²) in [6.45, 7) is 0.475. The number of rotatable bonds is 4. The predicted molar refractivity (Wildman–Crippen MR) is 93.3 cm³/mol. The second-order valence-electron chi connectivity index (χ2n) is 5.82. The first kappa shape index (κ1) is 15.1. The number of para-hydroxylation sites is 1. The van der Waals surface area contributed by atoms with E-state index in [1.807, 2.05) is 36.5 Å². The van der Waals surface area contributed by atoms with Gasteiger partial charge in [0.05, 0.1) is 11.9 Å². The quantitative estimate of drug-likeness (QED) is 0.622. The van der Waals surface area contributed by atoms with Crippen LogP contribution in [0.2, 0.25) is 0 Å². The van der Waals surface area contributed by atoms with Crippen LogP contribution in [0.25, 0.3) is 16.7 Å². The molecule has 0 saturated heterocycles. The second kappa shape index (κ2) is 6.20. The van der Waals surface area contributed by atoms with Crippen molar-refractivity contribution in [3.05, 3.63) is 72.1 Å². The van der Waals surface area contributed by atoms with Gasteiger partial charge < -0.3 is 4.90 Å². The summed E-state index contributed by atoms with van der Waals surface area (Å²) in [5, 5.41) is 14.9. The molecule has 2 heterocycles. The maximum absolute atomic E-state index is 12.6. The standard InChI is InChI=1S/C18H16N6O/c1-23(18(25)14-7-8-16-17(9-14)21-22-20-16)11-13-10-19-24(12-13)15-5-3-2-4-6-15/h2-10,12H,11H2,1H3,(H,20,21,22). The third-order valence-corrected chi connectivity index (χ3v) is 3.99. The summed E-state index contributed by atoms with van der Waals surface area (Å²) < 4.78 is 1.80. The molecular formula is C18H16N6O. The molecule has 4 aromatic rings. The Hall–Kier alpha value is -3.48. The molecule has 1 amide bonds. The fourth-order valence-electron chi connectivity index (χ4n) is 2.70. The van der Waals surface area contributed by atoms with Gasteiger partial charge in [-0.1, -0.05) is 18.2 Å². The number of aromatic amines is 1. The fourth-order valence-corrected chi connectivity index (χ4v) is 2.70. The van der Waals surface area contributed by atoms with Gasteiger partial charge in [-0.25, -0.2) is 4.68 Å². The van der Waals surface area contributed by atoms with Gasteiger partial charge in [0.25, 0.3) is 5.91 Å². The van der Waals surface area contributed by atoms with Crippen LogP contribution in [-0.2, 0) is 6.54 Å². The minimum atomic E-state index is -0.0719. The number of amides is 1. The van der Waals surface area contributed by atoms with E-state index in [9.17, 15) is 4.79 Å². The van der Waals surface area contributed by atoms with E-state index in [0.29, 0.717) is 17.6 Å². The topological polar surface area (TPSA) is 79.7 Å². The summed E-state index contributed by atoms with van der Waals surface area (Å²) in [6, 6.07) is 15.2. The lowest BCUT2D eigenvalue weighted by Crippen LogP contribution is -2.26. The highest BCUT2D eigenvalue weighted by molar-refractivity contribution is 5.97. The minimum Gasteiger partial charge on any atom is -0.337 e. The average molecular weight is 332 g/mol. The van der Waals surface area contributed by atoms with Crippen LogP contribution >= 0.6 is 0 Å². The minimum absolute atomic E-state index is 0.0719. The predicted octanol–water partition coefficient (Wildman–Crippen LogP) is 2.42. The molecule has 0 aliphatic rings. The first-order valence-corrected chi connectivity index (χ1v) is 7.86. The summed E-state index contributed by atoms with van der Waals surface area (Å²) >= 11 is 0. The lowest BCUT2D eigenvalue weighted by molar-refractivity contribution is 0.0785. The van der Waals surface area contributed by atoms with Crippen molar-refractivity contribution in [3.8, 4) is 5.69 Å². The summed E-state index contributed by atoms with van der Waals surface area (Å²) in [5.74, 6) is -0.0719. The first-order chi connectivity index (χ1) is 12.2. The van der Waals surface area contributed by atoms with Crippen molar-refractivity contribution in [2.24, 2.45) is 0 Å². The van der Waals surface area contributed by atoms with Crippen molar-refractivity contribution in [3.63, 3.8) is 0 Å². The normalized spacial score (nSPS) is 10.9. The summed E-state index contributed by atoms with van der Waals surface area (Å²) in [6.07, 6.45) is 3.71. The Balaban J connectivity index is 1.50. The molecule has 124 valence electrons. The van der Waals surface area contributed by atoms with Crippen molar-refractivity contribution in [1.29, 1.82) is 0 Å². The third-order valence-electron chi connectivity index (χ3n) is 3.99. The molecule has 7 heteroatoms. The summed E-state index contributed by atoms with van der Waals surface area (Å²) in [7, 11) is 1.77. The number of nitrogens with one attached hydrogen (secondary N) is 1. The van der Waals surface area contributed by atoms with Gasteiger partial charge in [-0.05, 0) is 30.3 Å². The average Bonchev–Trinajstić information content (AvgIpc) is 3.30. The highest BCUT2D eigenvalue weighted by Crippen LogP contribution is 2.14. The lowest BCUT2D eigenvalue weighted by atomic mass is 10.1. The van der Waals surface area contributed by atoms with Crippen LogP contribution in [0, 0.1) is 0 Å². The van der Waals surface area contributed by atoms with Gasteiger partial charge in [0.1, 0.15) is 11.0 Å². The fraction of sp³-hybridized carbons (Fsp3) is 0.111. The number of hydrogen-bond donors (Lipinski definition) is 1. The third kappa shape index (κ3) is 2.99. The molecule has 7 nitrogen and oxygen atoms in total. The second-order valence-corrected chi connectivity index (χ2v) is 5.82. The summed E-state index contributed by atoms with van der Waals surface area (Å²) in [5.41, 5.74) is 3.94. The maximum atomic E-state index is 12.6. The van der Waals surface area contributed by atoms with Crippen molar-refractivity contribution >= 4 is 16.9 Å². The number of nitrogens with zero attached hydrogens (tertiary/aromatic N) is 5. The molecule has 2 aromatic carbocycles. The van der Waals surface area contributed by atoms with Gasteiger partial charge in [-0.3, -0.25) is 4.79 Å². The van der Waals surface area contributed by atoms with Crippen molar-refractivity contribution in [2.75, 3.05) is 7.05 Å². The Morgan fingerprint density at radius 2 is 1.92 bits per heavy atom. The van der Waals surface area contributed by atoms with Crippen molar-refractivity contribution in [2.45, 2.75) is 6.54 Å². The Morgan fingerprint density at radius 3 is 2.76 bits per heavy atom. The molecule has 25 heavy (non-hydrogen) atoms. The van der Waals surface area contributed by atoms with Crippen molar-refractivity contribution < 1.29 is 4.79 Å². The van der Waals surface area contributed by atoms with E-state index < -0.39 is 0 Å². The van der Waals surface area contributed by atoms with E-state index >= 15 is 0 Å². The molecule has 0 saturated carbocycles. The molecule has 1 N–H and O–H groups in total. The van der Waals surface area contributed by atoms with E-state index in [1.54, 1.807) is 41.0 Å². The molecular weight excluding hydrogens is 316 g/mol. The van der Waals surface area contributed by atoms with Gasteiger partial charge in [-0.15, -0.1) is 0 Å². The van der Waals surface area contributed by atoms with Crippen LogP contribution in [-0.4, -0.2) is 43.0 Å².